The number of unbranched alkanes of at least 4 members (excludes halogenated alkanes) is 1. The predicted octanol–water partition coefficient (Wildman–Crippen LogP) is -0.0396. The number of hydrogen-bond acceptors (Lipinski definition) is 5. The van der Waals surface area contributed by atoms with Gasteiger partial charge in [-0.3, -0.25) is 4.79 Å². The molecule has 0 spiro atoms. The lowest BCUT2D eigenvalue weighted by molar-refractivity contribution is -0.142. The van der Waals surface area contributed by atoms with Crippen LogP contribution in [-0.2, 0) is 16.0 Å². The van der Waals surface area contributed by atoms with E-state index in [1.54, 1.807) is 12.1 Å². The van der Waals surface area contributed by atoms with Gasteiger partial charge in [0.1, 0.15) is 11.8 Å². The number of carbonyl (C=O) groups is 2. The average Bonchev–Trinajstić information content (AvgIpc) is 2.48. The number of aromatic hydroxyl groups is 1. The van der Waals surface area contributed by atoms with Crippen molar-refractivity contribution < 1.29 is 19.8 Å². The highest BCUT2D eigenvalue weighted by atomic mass is 16.4. The van der Waals surface area contributed by atoms with Crippen molar-refractivity contribution in [1.29, 1.82) is 0 Å². The summed E-state index contributed by atoms with van der Waals surface area (Å²) in [6, 6.07) is 4.54. The van der Waals surface area contributed by atoms with Gasteiger partial charge >= 0.3 is 5.97 Å². The van der Waals surface area contributed by atoms with E-state index in [2.05, 4.69) is 5.32 Å². The molecule has 0 bridgehead atoms. The van der Waals surface area contributed by atoms with E-state index >= 15 is 0 Å². The Morgan fingerprint density at radius 2 is 1.82 bits per heavy atom. The summed E-state index contributed by atoms with van der Waals surface area (Å²) in [7, 11) is 0. The maximum Gasteiger partial charge on any atom is 0.326 e. The van der Waals surface area contributed by atoms with E-state index in [9.17, 15) is 14.7 Å². The van der Waals surface area contributed by atoms with E-state index in [1.807, 2.05) is 0 Å². The Hall–Kier alpha value is -2.12. The Kier molecular flexibility index (Phi) is 7.34. The number of carbonyl (C=O) groups excluding carboxylic acids is 1. The Balaban J connectivity index is 2.53. The molecule has 7 nitrogen and oxygen atoms in total. The van der Waals surface area contributed by atoms with Crippen LogP contribution >= 0.6 is 0 Å². The molecule has 2 atom stereocenters. The van der Waals surface area contributed by atoms with Gasteiger partial charge < -0.3 is 27.0 Å². The standard InChI is InChI=1S/C15H23N3O4/c16-8-2-1-3-13(15(21)22)18-14(20)12(17)9-10-4-6-11(19)7-5-10/h4-7,12-13,19H,1-3,8-9,16-17H2,(H,18,20)(H,21,22). The first-order chi connectivity index (χ1) is 10.4. The molecule has 0 saturated heterocycles. The van der Waals surface area contributed by atoms with Gasteiger partial charge in [-0.25, -0.2) is 4.79 Å². The Morgan fingerprint density at radius 3 is 2.36 bits per heavy atom. The zero-order valence-corrected chi connectivity index (χ0v) is 12.4. The SMILES string of the molecule is NCCCCC(NC(=O)C(N)Cc1ccc(O)cc1)C(=O)O. The number of carboxylic acids is 1. The first-order valence-electron chi connectivity index (χ1n) is 7.20. The van der Waals surface area contributed by atoms with Gasteiger partial charge in [0, 0.05) is 0 Å². The predicted molar refractivity (Wildman–Crippen MR) is 82.3 cm³/mol. The monoisotopic (exact) mass is 309 g/mol. The molecule has 7 heteroatoms. The number of benzene rings is 1. The molecule has 1 amide bonds. The molecule has 1 rings (SSSR count). The van der Waals surface area contributed by atoms with Crippen LogP contribution in [0.15, 0.2) is 24.3 Å². The van der Waals surface area contributed by atoms with Crippen molar-refractivity contribution in [2.24, 2.45) is 11.5 Å². The molecule has 0 aliphatic carbocycles. The third-order valence-electron chi connectivity index (χ3n) is 3.29. The number of phenolic OH excluding ortho intramolecular Hbond substituents is 1. The van der Waals surface area contributed by atoms with E-state index < -0.39 is 24.0 Å². The molecule has 1 aromatic carbocycles. The van der Waals surface area contributed by atoms with Crippen molar-refractivity contribution in [3.63, 3.8) is 0 Å². The van der Waals surface area contributed by atoms with E-state index in [0.717, 1.165) is 5.56 Å². The molecule has 1 aromatic rings. The van der Waals surface area contributed by atoms with Gasteiger partial charge in [0.05, 0.1) is 6.04 Å². The second-order valence-corrected chi connectivity index (χ2v) is 5.16. The number of hydrogen-bond donors (Lipinski definition) is 5. The zero-order valence-electron chi connectivity index (χ0n) is 12.4. The largest absolute Gasteiger partial charge is 0.508 e. The zero-order chi connectivity index (χ0) is 16.5. The molecule has 0 aliphatic heterocycles. The van der Waals surface area contributed by atoms with Crippen LogP contribution in [0.3, 0.4) is 0 Å². The first-order valence-corrected chi connectivity index (χ1v) is 7.20. The number of rotatable bonds is 9. The van der Waals surface area contributed by atoms with Crippen LogP contribution in [0, 0.1) is 0 Å². The lowest BCUT2D eigenvalue weighted by Gasteiger charge is -2.18. The van der Waals surface area contributed by atoms with E-state index in [-0.39, 0.29) is 12.2 Å². The highest BCUT2D eigenvalue weighted by molar-refractivity contribution is 5.86. The highest BCUT2D eigenvalue weighted by Crippen LogP contribution is 2.11. The van der Waals surface area contributed by atoms with Gasteiger partial charge in [0.15, 0.2) is 0 Å². The summed E-state index contributed by atoms with van der Waals surface area (Å²) in [5, 5.41) is 20.8. The maximum atomic E-state index is 12.0. The van der Waals surface area contributed by atoms with Gasteiger partial charge in [0.2, 0.25) is 5.91 Å². The minimum Gasteiger partial charge on any atom is -0.508 e. The molecule has 22 heavy (non-hydrogen) atoms. The third kappa shape index (κ3) is 6.11. The summed E-state index contributed by atoms with van der Waals surface area (Å²) >= 11 is 0. The number of nitrogens with one attached hydrogen (secondary N) is 1. The number of phenols is 1. The van der Waals surface area contributed by atoms with Crippen LogP contribution in [0.5, 0.6) is 5.75 Å². The average molecular weight is 309 g/mol. The number of carboxylic acid groups (broad SMARTS) is 1. The fraction of sp³-hybridized carbons (Fsp3) is 0.467. The molecule has 0 aliphatic rings. The molecule has 0 heterocycles. The highest BCUT2D eigenvalue weighted by Gasteiger charge is 2.22. The molecular weight excluding hydrogens is 286 g/mol. The van der Waals surface area contributed by atoms with Crippen molar-refractivity contribution in [3.05, 3.63) is 29.8 Å². The Bertz CT molecular complexity index is 490. The first kappa shape index (κ1) is 17.9. The summed E-state index contributed by atoms with van der Waals surface area (Å²) < 4.78 is 0. The summed E-state index contributed by atoms with van der Waals surface area (Å²) in [5.41, 5.74) is 12.0. The van der Waals surface area contributed by atoms with Crippen LogP contribution in [0.1, 0.15) is 24.8 Å². The van der Waals surface area contributed by atoms with Crippen molar-refractivity contribution >= 4 is 11.9 Å². The Labute approximate surface area is 129 Å². The molecule has 0 radical (unpaired) electrons. The number of aliphatic carboxylic acids is 1. The minimum atomic E-state index is -1.08. The number of amides is 1. The molecule has 2 unspecified atom stereocenters. The third-order valence-corrected chi connectivity index (χ3v) is 3.29. The fourth-order valence-electron chi connectivity index (χ4n) is 2.01. The van der Waals surface area contributed by atoms with Crippen LogP contribution in [0.4, 0.5) is 0 Å². The normalized spacial score (nSPS) is 13.4. The van der Waals surface area contributed by atoms with Gasteiger partial charge in [-0.1, -0.05) is 12.1 Å². The minimum absolute atomic E-state index is 0.132. The van der Waals surface area contributed by atoms with E-state index in [1.165, 1.54) is 12.1 Å². The quantitative estimate of drug-likeness (QED) is 0.406. The number of nitrogens with two attached hydrogens (primary N) is 2. The molecule has 0 saturated carbocycles. The second kappa shape index (κ2) is 9.01. The van der Waals surface area contributed by atoms with Gasteiger partial charge in [-0.05, 0) is 49.9 Å². The summed E-state index contributed by atoms with van der Waals surface area (Å²) in [4.78, 5) is 23.1. The van der Waals surface area contributed by atoms with Crippen LogP contribution in [0.25, 0.3) is 0 Å². The lowest BCUT2D eigenvalue weighted by atomic mass is 10.0. The Morgan fingerprint density at radius 1 is 1.18 bits per heavy atom. The van der Waals surface area contributed by atoms with Gasteiger partial charge in [-0.2, -0.15) is 0 Å². The van der Waals surface area contributed by atoms with Crippen molar-refractivity contribution in [2.75, 3.05) is 6.54 Å². The fourth-order valence-corrected chi connectivity index (χ4v) is 2.01. The van der Waals surface area contributed by atoms with Crippen molar-refractivity contribution in [1.82, 2.24) is 5.32 Å². The smallest absolute Gasteiger partial charge is 0.326 e. The van der Waals surface area contributed by atoms with E-state index in [4.69, 9.17) is 16.6 Å². The molecule has 7 N–H and O–H groups in total. The van der Waals surface area contributed by atoms with Crippen LogP contribution in [0.2, 0.25) is 0 Å². The second-order valence-electron chi connectivity index (χ2n) is 5.16. The van der Waals surface area contributed by atoms with Crippen LogP contribution < -0.4 is 16.8 Å². The molecule has 122 valence electrons. The maximum absolute atomic E-state index is 12.0. The molecule has 0 aromatic heterocycles. The van der Waals surface area contributed by atoms with Gasteiger partial charge in [-0.15, -0.1) is 0 Å². The lowest BCUT2D eigenvalue weighted by Crippen LogP contribution is -2.49. The summed E-state index contributed by atoms with van der Waals surface area (Å²) in [5.74, 6) is -1.46. The van der Waals surface area contributed by atoms with E-state index in [0.29, 0.717) is 25.8 Å². The molecular formula is C15H23N3O4. The van der Waals surface area contributed by atoms with Crippen molar-refractivity contribution in [2.45, 2.75) is 37.8 Å². The van der Waals surface area contributed by atoms with Gasteiger partial charge in [0.25, 0.3) is 0 Å². The van der Waals surface area contributed by atoms with Crippen molar-refractivity contribution in [3.8, 4) is 5.75 Å². The topological polar surface area (TPSA) is 139 Å². The summed E-state index contributed by atoms with van der Waals surface area (Å²) in [6.07, 6.45) is 1.92. The molecule has 0 fully saturated rings. The summed E-state index contributed by atoms with van der Waals surface area (Å²) in [6.45, 7) is 0.487. The van der Waals surface area contributed by atoms with Crippen LogP contribution in [-0.4, -0.2) is 40.7 Å².